The van der Waals surface area contributed by atoms with Crippen LogP contribution in [0.3, 0.4) is 0 Å². The van der Waals surface area contributed by atoms with Crippen molar-refractivity contribution in [2.45, 2.75) is 6.42 Å². The number of hydrogen-bond donors (Lipinski definition) is 0. The van der Waals surface area contributed by atoms with Gasteiger partial charge in [-0.15, -0.1) is 12.3 Å². The summed E-state index contributed by atoms with van der Waals surface area (Å²) in [7, 11) is 0. The van der Waals surface area contributed by atoms with Crippen molar-refractivity contribution >= 4 is 0 Å². The van der Waals surface area contributed by atoms with Crippen LogP contribution in [0.25, 0.3) is 0 Å². The van der Waals surface area contributed by atoms with Crippen LogP contribution in [0.5, 0.6) is 0 Å². The van der Waals surface area contributed by atoms with Gasteiger partial charge in [0.1, 0.15) is 0 Å². The second kappa shape index (κ2) is 2.94. The molecule has 0 nitrogen and oxygen atoms in total. The Morgan fingerprint density at radius 2 is 2.44 bits per heavy atom. The van der Waals surface area contributed by atoms with Crippen molar-refractivity contribution in [3.63, 3.8) is 0 Å². The van der Waals surface area contributed by atoms with Crippen molar-refractivity contribution in [3.05, 3.63) is 35.9 Å². The second-order valence-corrected chi connectivity index (χ2v) is 1.77. The first kappa shape index (κ1) is 5.91. The van der Waals surface area contributed by atoms with Gasteiger partial charge in [0.25, 0.3) is 0 Å². The Morgan fingerprint density at radius 3 is 3.00 bits per heavy atom. The summed E-state index contributed by atoms with van der Waals surface area (Å²) in [5.74, 6) is 2.55. The quantitative estimate of drug-likeness (QED) is 0.488. The number of rotatable bonds is 1. The number of terminal acetylenes is 1. The molecule has 1 radical (unpaired) electrons. The van der Waals surface area contributed by atoms with E-state index in [9.17, 15) is 0 Å². The van der Waals surface area contributed by atoms with E-state index in [1.54, 1.807) is 0 Å². The van der Waals surface area contributed by atoms with Gasteiger partial charge in [-0.05, 0) is 11.6 Å². The first-order chi connectivity index (χ1) is 4.43. The van der Waals surface area contributed by atoms with Crippen LogP contribution in [-0.2, 0) is 6.42 Å². The Balaban J connectivity index is 2.76. The van der Waals surface area contributed by atoms with Crippen molar-refractivity contribution in [1.82, 2.24) is 0 Å². The van der Waals surface area contributed by atoms with E-state index in [2.05, 4.69) is 12.0 Å². The molecule has 0 saturated carbocycles. The Labute approximate surface area is 55.5 Å². The van der Waals surface area contributed by atoms with E-state index >= 15 is 0 Å². The minimum atomic E-state index is 0.681. The van der Waals surface area contributed by atoms with Crippen LogP contribution in [0.1, 0.15) is 5.56 Å². The summed E-state index contributed by atoms with van der Waals surface area (Å²) in [6.45, 7) is 0. The lowest BCUT2D eigenvalue weighted by Crippen LogP contribution is -1.77. The standard InChI is InChI=1S/C9H7/c1-2-6-9-7-4-3-5-8-9/h1,3-5,7H,6H2. The van der Waals surface area contributed by atoms with Gasteiger partial charge in [0.15, 0.2) is 0 Å². The smallest absolute Gasteiger partial charge is 0.0343 e. The molecule has 0 aromatic heterocycles. The van der Waals surface area contributed by atoms with Crippen molar-refractivity contribution in [2.24, 2.45) is 0 Å². The summed E-state index contributed by atoms with van der Waals surface area (Å²) in [4.78, 5) is 0. The van der Waals surface area contributed by atoms with Gasteiger partial charge in [0.2, 0.25) is 0 Å². The van der Waals surface area contributed by atoms with E-state index < -0.39 is 0 Å². The van der Waals surface area contributed by atoms with Crippen LogP contribution in [-0.4, -0.2) is 0 Å². The number of benzene rings is 1. The molecule has 0 bridgehead atoms. The monoisotopic (exact) mass is 115 g/mol. The highest BCUT2D eigenvalue weighted by Gasteiger charge is 1.83. The van der Waals surface area contributed by atoms with Crippen LogP contribution in [0, 0.1) is 18.4 Å². The molecule has 1 aromatic rings. The minimum absolute atomic E-state index is 0.681. The minimum Gasteiger partial charge on any atom is -0.120 e. The van der Waals surface area contributed by atoms with Crippen LogP contribution >= 0.6 is 0 Å². The summed E-state index contributed by atoms with van der Waals surface area (Å²) in [5, 5.41) is 0. The zero-order valence-corrected chi connectivity index (χ0v) is 5.09. The molecule has 1 rings (SSSR count). The predicted octanol–water partition coefficient (Wildman–Crippen LogP) is 1.66. The van der Waals surface area contributed by atoms with Crippen LogP contribution in [0.4, 0.5) is 0 Å². The fourth-order valence-corrected chi connectivity index (χ4v) is 0.650. The average molecular weight is 115 g/mol. The largest absolute Gasteiger partial charge is 0.120 e. The van der Waals surface area contributed by atoms with Crippen molar-refractivity contribution < 1.29 is 0 Å². The molecule has 0 aliphatic rings. The Morgan fingerprint density at radius 1 is 1.56 bits per heavy atom. The van der Waals surface area contributed by atoms with Crippen LogP contribution in [0.15, 0.2) is 24.3 Å². The molecular formula is C9H7. The lowest BCUT2D eigenvalue weighted by molar-refractivity contribution is 1.31. The predicted molar refractivity (Wildman–Crippen MR) is 37.8 cm³/mol. The van der Waals surface area contributed by atoms with E-state index in [1.807, 2.05) is 24.3 Å². The van der Waals surface area contributed by atoms with E-state index in [0.717, 1.165) is 5.56 Å². The van der Waals surface area contributed by atoms with Crippen molar-refractivity contribution in [2.75, 3.05) is 0 Å². The molecule has 0 saturated heterocycles. The third-order valence-corrected chi connectivity index (χ3v) is 1.07. The highest BCUT2D eigenvalue weighted by atomic mass is 13.9. The third kappa shape index (κ3) is 1.62. The summed E-state index contributed by atoms with van der Waals surface area (Å²) in [6.07, 6.45) is 5.77. The average Bonchev–Trinajstić information content (AvgIpc) is 1.91. The van der Waals surface area contributed by atoms with Crippen molar-refractivity contribution in [3.8, 4) is 12.3 Å². The van der Waals surface area contributed by atoms with Crippen LogP contribution in [0.2, 0.25) is 0 Å². The van der Waals surface area contributed by atoms with Gasteiger partial charge in [-0.2, -0.15) is 0 Å². The summed E-state index contributed by atoms with van der Waals surface area (Å²) >= 11 is 0. The zero-order chi connectivity index (χ0) is 6.53. The highest BCUT2D eigenvalue weighted by Crippen LogP contribution is 1.95. The fourth-order valence-electron chi connectivity index (χ4n) is 0.650. The van der Waals surface area contributed by atoms with Gasteiger partial charge in [-0.25, -0.2) is 0 Å². The van der Waals surface area contributed by atoms with E-state index in [0.29, 0.717) is 6.42 Å². The van der Waals surface area contributed by atoms with E-state index in [4.69, 9.17) is 6.42 Å². The second-order valence-electron chi connectivity index (χ2n) is 1.77. The van der Waals surface area contributed by atoms with Gasteiger partial charge in [-0.1, -0.05) is 24.3 Å². The maximum Gasteiger partial charge on any atom is 0.0343 e. The molecule has 0 N–H and O–H groups in total. The molecule has 9 heavy (non-hydrogen) atoms. The maximum atomic E-state index is 5.09. The Bertz CT molecular complexity index is 203. The first-order valence-electron chi connectivity index (χ1n) is 2.82. The summed E-state index contributed by atoms with van der Waals surface area (Å²) in [6, 6.07) is 10.8. The first-order valence-corrected chi connectivity index (χ1v) is 2.82. The molecule has 0 aliphatic heterocycles. The van der Waals surface area contributed by atoms with Crippen molar-refractivity contribution in [1.29, 1.82) is 0 Å². The summed E-state index contributed by atoms with van der Waals surface area (Å²) in [5.41, 5.74) is 1.08. The van der Waals surface area contributed by atoms with Crippen LogP contribution < -0.4 is 0 Å². The third-order valence-electron chi connectivity index (χ3n) is 1.07. The molecule has 43 valence electrons. The summed E-state index contributed by atoms with van der Waals surface area (Å²) < 4.78 is 0. The molecule has 0 atom stereocenters. The molecular weight excluding hydrogens is 108 g/mol. The number of hydrogen-bond acceptors (Lipinski definition) is 0. The Kier molecular flexibility index (Phi) is 1.93. The van der Waals surface area contributed by atoms with E-state index in [1.165, 1.54) is 0 Å². The Hall–Kier alpha value is -1.22. The normalized spacial score (nSPS) is 8.33. The molecule has 0 spiro atoms. The van der Waals surface area contributed by atoms with Gasteiger partial charge in [0, 0.05) is 6.42 Å². The lowest BCUT2D eigenvalue weighted by Gasteiger charge is -1.88. The molecule has 0 unspecified atom stereocenters. The molecule has 0 aliphatic carbocycles. The maximum absolute atomic E-state index is 5.09. The molecule has 0 heteroatoms. The topological polar surface area (TPSA) is 0 Å². The highest BCUT2D eigenvalue weighted by molar-refractivity contribution is 5.17. The fraction of sp³-hybridized carbons (Fsp3) is 0.111. The lowest BCUT2D eigenvalue weighted by atomic mass is 10.2. The van der Waals surface area contributed by atoms with Gasteiger partial charge in [-0.3, -0.25) is 0 Å². The molecule has 0 amide bonds. The zero-order valence-electron chi connectivity index (χ0n) is 5.09. The van der Waals surface area contributed by atoms with E-state index in [-0.39, 0.29) is 0 Å². The van der Waals surface area contributed by atoms with Gasteiger partial charge in [0.05, 0.1) is 0 Å². The molecule has 0 fully saturated rings. The SMILES string of the molecule is C#CCc1[c]cccc1. The molecule has 0 heterocycles. The molecule has 1 aromatic carbocycles. The van der Waals surface area contributed by atoms with Gasteiger partial charge < -0.3 is 0 Å². The van der Waals surface area contributed by atoms with Gasteiger partial charge >= 0.3 is 0 Å².